The van der Waals surface area contributed by atoms with E-state index in [4.69, 9.17) is 0 Å². The molecule has 2 aromatic heterocycles. The number of nitrogens with zero attached hydrogens (tertiary/aromatic N) is 1. The maximum atomic E-state index is 13.4. The number of amides is 1. The van der Waals surface area contributed by atoms with Gasteiger partial charge in [0.1, 0.15) is 5.82 Å². The Bertz CT molecular complexity index is 1110. The maximum Gasteiger partial charge on any atom is 0.255 e. The number of Topliss-reactive ketones (excluding diaryl/α,β-unsaturated/α-hetero) is 1. The molecule has 0 radical (unpaired) electrons. The van der Waals surface area contributed by atoms with E-state index in [1.807, 2.05) is 38.1 Å². The summed E-state index contributed by atoms with van der Waals surface area (Å²) < 4.78 is 0.972. The molecule has 1 aliphatic carbocycles. The van der Waals surface area contributed by atoms with Crippen LogP contribution in [0.2, 0.25) is 0 Å². The first-order chi connectivity index (χ1) is 14.2. The van der Waals surface area contributed by atoms with E-state index in [-0.39, 0.29) is 23.0 Å². The molecule has 0 spiro atoms. The summed E-state index contributed by atoms with van der Waals surface area (Å²) in [5.41, 5.74) is 3.79. The average Bonchev–Trinajstić information content (AvgIpc) is 3.07. The molecule has 2 aromatic rings. The Kier molecular flexibility index (Phi) is 5.45. The molecule has 2 N–H and O–H groups in total. The predicted octanol–water partition coefficient (Wildman–Crippen LogP) is 5.46. The molecule has 156 valence electrons. The molecule has 2 aliphatic rings. The van der Waals surface area contributed by atoms with Crippen molar-refractivity contribution in [2.24, 2.45) is 5.41 Å². The van der Waals surface area contributed by atoms with Crippen LogP contribution in [0.15, 0.2) is 56.8 Å². The van der Waals surface area contributed by atoms with Gasteiger partial charge in [0.05, 0.1) is 9.70 Å². The minimum atomic E-state index is -0.384. The van der Waals surface area contributed by atoms with Gasteiger partial charge < -0.3 is 10.6 Å². The number of aryl methyl sites for hydroxylation is 1. The lowest BCUT2D eigenvalue weighted by Gasteiger charge is -2.39. The topological polar surface area (TPSA) is 71.1 Å². The van der Waals surface area contributed by atoms with Crippen LogP contribution in [0.3, 0.4) is 0 Å². The number of ketones is 1. The first-order valence-electron chi connectivity index (χ1n) is 9.88. The molecular formula is C23H24BrN3O2S. The van der Waals surface area contributed by atoms with Crippen LogP contribution in [0.4, 0.5) is 5.82 Å². The first kappa shape index (κ1) is 21.0. The van der Waals surface area contributed by atoms with Crippen molar-refractivity contribution in [3.05, 3.63) is 67.2 Å². The molecular weight excluding hydrogens is 462 g/mol. The second-order valence-corrected chi connectivity index (χ2v) is 11.2. The van der Waals surface area contributed by atoms with Gasteiger partial charge in [-0.15, -0.1) is 11.3 Å². The summed E-state index contributed by atoms with van der Waals surface area (Å²) in [6, 6.07) is 7.70. The standard InChI is InChI=1S/C23H24BrN3O2S/c1-12-6-5-9-25-21(12)27-22(29)18-13(2)26-14-10-23(3,4)11-15(28)19(14)20(18)16-7-8-17(24)30-16/h5-9,20,26H,10-11H2,1-4H3,(H,25,27,29). The van der Waals surface area contributed by atoms with Crippen LogP contribution in [-0.2, 0) is 9.59 Å². The van der Waals surface area contributed by atoms with Gasteiger partial charge in [0.2, 0.25) is 0 Å². The Hall–Kier alpha value is -2.25. The zero-order valence-corrected chi connectivity index (χ0v) is 19.8. The van der Waals surface area contributed by atoms with Gasteiger partial charge in [0.25, 0.3) is 5.91 Å². The maximum absolute atomic E-state index is 13.4. The zero-order valence-electron chi connectivity index (χ0n) is 17.4. The summed E-state index contributed by atoms with van der Waals surface area (Å²) in [6.07, 6.45) is 2.91. The minimum Gasteiger partial charge on any atom is -0.362 e. The number of hydrogen-bond donors (Lipinski definition) is 2. The van der Waals surface area contributed by atoms with E-state index in [2.05, 4.69) is 45.4 Å². The van der Waals surface area contributed by atoms with E-state index in [9.17, 15) is 9.59 Å². The lowest BCUT2D eigenvalue weighted by Crippen LogP contribution is -2.39. The molecule has 0 saturated carbocycles. The normalized spacial score (nSPS) is 20.7. The predicted molar refractivity (Wildman–Crippen MR) is 123 cm³/mol. The van der Waals surface area contributed by atoms with Crippen molar-refractivity contribution < 1.29 is 9.59 Å². The van der Waals surface area contributed by atoms with Gasteiger partial charge in [0, 0.05) is 40.0 Å². The number of dihydropyridines is 1. The number of halogens is 1. The number of anilines is 1. The molecule has 1 unspecified atom stereocenters. The fourth-order valence-electron chi connectivity index (χ4n) is 4.30. The highest BCUT2D eigenvalue weighted by molar-refractivity contribution is 9.11. The summed E-state index contributed by atoms with van der Waals surface area (Å²) in [6.45, 7) is 8.03. The van der Waals surface area contributed by atoms with Gasteiger partial charge in [-0.25, -0.2) is 4.98 Å². The number of carbonyl (C=O) groups excluding carboxylic acids is 2. The summed E-state index contributed by atoms with van der Waals surface area (Å²) in [5, 5.41) is 6.35. The third kappa shape index (κ3) is 3.88. The van der Waals surface area contributed by atoms with E-state index in [0.717, 1.165) is 37.6 Å². The molecule has 0 saturated heterocycles. The molecule has 0 fully saturated rings. The molecule has 1 aliphatic heterocycles. The van der Waals surface area contributed by atoms with Crippen LogP contribution in [0, 0.1) is 12.3 Å². The molecule has 1 amide bonds. The van der Waals surface area contributed by atoms with Crippen LogP contribution in [-0.4, -0.2) is 16.7 Å². The Labute approximate surface area is 188 Å². The fraction of sp³-hybridized carbons (Fsp3) is 0.348. The van der Waals surface area contributed by atoms with Crippen molar-refractivity contribution in [3.8, 4) is 0 Å². The highest BCUT2D eigenvalue weighted by atomic mass is 79.9. The van der Waals surface area contributed by atoms with Crippen LogP contribution < -0.4 is 10.6 Å². The van der Waals surface area contributed by atoms with E-state index >= 15 is 0 Å². The lowest BCUT2D eigenvalue weighted by atomic mass is 9.69. The number of aromatic nitrogens is 1. The number of thiophene rings is 1. The number of carbonyl (C=O) groups is 2. The largest absolute Gasteiger partial charge is 0.362 e. The lowest BCUT2D eigenvalue weighted by molar-refractivity contribution is -0.118. The Morgan fingerprint density at radius 1 is 1.27 bits per heavy atom. The Morgan fingerprint density at radius 2 is 2.03 bits per heavy atom. The van der Waals surface area contributed by atoms with Gasteiger partial charge in [-0.2, -0.15) is 0 Å². The molecule has 0 aromatic carbocycles. The molecule has 3 heterocycles. The summed E-state index contributed by atoms with van der Waals surface area (Å²) in [7, 11) is 0. The number of allylic oxidation sites excluding steroid dienone is 3. The molecule has 5 nitrogen and oxygen atoms in total. The van der Waals surface area contributed by atoms with Crippen LogP contribution >= 0.6 is 27.3 Å². The van der Waals surface area contributed by atoms with E-state index in [0.29, 0.717) is 17.8 Å². The zero-order chi connectivity index (χ0) is 21.6. The highest BCUT2D eigenvalue weighted by Gasteiger charge is 2.43. The van der Waals surface area contributed by atoms with Crippen LogP contribution in [0.5, 0.6) is 0 Å². The van der Waals surface area contributed by atoms with E-state index < -0.39 is 0 Å². The monoisotopic (exact) mass is 485 g/mol. The summed E-state index contributed by atoms with van der Waals surface area (Å²) in [5.74, 6) is 0.0190. The van der Waals surface area contributed by atoms with Crippen molar-refractivity contribution in [1.29, 1.82) is 0 Å². The Balaban J connectivity index is 1.80. The smallest absolute Gasteiger partial charge is 0.255 e. The molecule has 30 heavy (non-hydrogen) atoms. The van der Waals surface area contributed by atoms with E-state index in [1.54, 1.807) is 17.5 Å². The van der Waals surface area contributed by atoms with Crippen molar-refractivity contribution in [2.75, 3.05) is 5.32 Å². The van der Waals surface area contributed by atoms with Crippen molar-refractivity contribution >= 4 is 44.8 Å². The highest BCUT2D eigenvalue weighted by Crippen LogP contribution is 2.48. The van der Waals surface area contributed by atoms with Gasteiger partial charge in [-0.3, -0.25) is 9.59 Å². The third-order valence-corrected chi connectivity index (χ3v) is 7.29. The third-order valence-electron chi connectivity index (χ3n) is 5.60. The van der Waals surface area contributed by atoms with Gasteiger partial charge >= 0.3 is 0 Å². The van der Waals surface area contributed by atoms with Crippen LogP contribution in [0.1, 0.15) is 50.0 Å². The van der Waals surface area contributed by atoms with Crippen molar-refractivity contribution in [1.82, 2.24) is 10.3 Å². The van der Waals surface area contributed by atoms with E-state index in [1.165, 1.54) is 0 Å². The number of nitrogens with one attached hydrogen (secondary N) is 2. The molecule has 7 heteroatoms. The molecule has 1 atom stereocenters. The number of pyridine rings is 1. The van der Waals surface area contributed by atoms with Crippen molar-refractivity contribution in [3.63, 3.8) is 0 Å². The average molecular weight is 486 g/mol. The SMILES string of the molecule is CC1=C(C(=O)Nc2ncccc2C)C(c2ccc(Br)s2)C2=C(CC(C)(C)CC2=O)N1. The first-order valence-corrected chi connectivity index (χ1v) is 11.5. The van der Waals surface area contributed by atoms with Gasteiger partial charge in [0.15, 0.2) is 5.78 Å². The summed E-state index contributed by atoms with van der Waals surface area (Å²) >= 11 is 5.09. The molecule has 0 bridgehead atoms. The van der Waals surface area contributed by atoms with Gasteiger partial charge in [-0.05, 0) is 65.4 Å². The van der Waals surface area contributed by atoms with Crippen molar-refractivity contribution in [2.45, 2.75) is 46.5 Å². The number of hydrogen-bond acceptors (Lipinski definition) is 5. The van der Waals surface area contributed by atoms with Gasteiger partial charge in [-0.1, -0.05) is 19.9 Å². The second-order valence-electron chi connectivity index (χ2n) is 8.69. The quantitative estimate of drug-likeness (QED) is 0.605. The Morgan fingerprint density at radius 3 is 2.70 bits per heavy atom. The second kappa shape index (κ2) is 7.78. The minimum absolute atomic E-state index is 0.103. The fourth-order valence-corrected chi connectivity index (χ4v) is 5.84. The summed E-state index contributed by atoms with van der Waals surface area (Å²) in [4.78, 5) is 32.0. The number of rotatable bonds is 3. The van der Waals surface area contributed by atoms with Crippen LogP contribution in [0.25, 0.3) is 0 Å². The molecule has 4 rings (SSSR count).